The van der Waals surface area contributed by atoms with Crippen LogP contribution in [0.3, 0.4) is 0 Å². The van der Waals surface area contributed by atoms with Gasteiger partial charge in [0.15, 0.2) is 5.60 Å². The number of halogens is 1. The summed E-state index contributed by atoms with van der Waals surface area (Å²) in [6.07, 6.45) is 7.18. The third-order valence-electron chi connectivity index (χ3n) is 4.35. The Morgan fingerprint density at radius 2 is 1.83 bits per heavy atom. The lowest BCUT2D eigenvalue weighted by Gasteiger charge is -2.25. The number of carbonyl (C=O) groups excluding carboxylic acids is 1. The number of amides is 1. The van der Waals surface area contributed by atoms with Crippen LogP contribution < -0.4 is 10.1 Å². The van der Waals surface area contributed by atoms with Crippen molar-refractivity contribution >= 4 is 23.5 Å². The first-order valence-corrected chi connectivity index (χ1v) is 10.5. The van der Waals surface area contributed by atoms with Gasteiger partial charge in [0.1, 0.15) is 5.75 Å². The summed E-state index contributed by atoms with van der Waals surface area (Å²) >= 11 is 6.21. The van der Waals surface area contributed by atoms with Crippen molar-refractivity contribution in [3.05, 3.63) is 52.6 Å². The number of hydrogen-bond donors (Lipinski definition) is 3. The molecule has 3 N–H and O–H groups in total. The molecule has 0 atom stereocenters. The average Bonchev–Trinajstić information content (AvgIpc) is 2.69. The second-order valence-corrected chi connectivity index (χ2v) is 7.80. The summed E-state index contributed by atoms with van der Waals surface area (Å²) in [4.78, 5) is 23.1. The SMILES string of the molecule is CC(C)(Oc1ccc(CCC(=O)O)cc1)C(=O)NCCC1=C(Cl)CCC=C1.CCO. The number of carbonyl (C=O) groups is 2. The number of ether oxygens (including phenoxy) is 1. The molecule has 30 heavy (non-hydrogen) atoms. The van der Waals surface area contributed by atoms with Crippen molar-refractivity contribution in [3.8, 4) is 5.75 Å². The summed E-state index contributed by atoms with van der Waals surface area (Å²) in [5.41, 5.74) is 0.958. The lowest BCUT2D eigenvalue weighted by molar-refractivity contribution is -0.137. The maximum absolute atomic E-state index is 12.5. The van der Waals surface area contributed by atoms with E-state index in [1.54, 1.807) is 32.9 Å². The third kappa shape index (κ3) is 9.46. The standard InChI is InChI=1S/C21H26ClNO4.C2H6O/c1-21(2,20(26)23-14-13-16-5-3-4-6-18(16)22)27-17-10-7-15(8-11-17)9-12-19(24)25;1-2-3/h3,5,7-8,10-11H,4,6,9,12-14H2,1-2H3,(H,23,26)(H,24,25);3H,2H2,1H3. The zero-order valence-corrected chi connectivity index (χ0v) is 18.7. The lowest BCUT2D eigenvalue weighted by Crippen LogP contribution is -2.46. The van der Waals surface area contributed by atoms with Crippen LogP contribution in [0.2, 0.25) is 0 Å². The molecule has 0 aliphatic heterocycles. The molecule has 1 aliphatic rings. The van der Waals surface area contributed by atoms with Crippen molar-refractivity contribution in [3.63, 3.8) is 0 Å². The van der Waals surface area contributed by atoms with Gasteiger partial charge in [-0.15, -0.1) is 0 Å². The molecule has 1 aromatic rings. The highest BCUT2D eigenvalue weighted by molar-refractivity contribution is 6.30. The molecule has 0 saturated carbocycles. The van der Waals surface area contributed by atoms with Gasteiger partial charge in [0.05, 0.1) is 0 Å². The highest BCUT2D eigenvalue weighted by Gasteiger charge is 2.29. The van der Waals surface area contributed by atoms with Gasteiger partial charge in [0.25, 0.3) is 5.91 Å². The van der Waals surface area contributed by atoms with E-state index in [2.05, 4.69) is 11.4 Å². The van der Waals surface area contributed by atoms with Gasteiger partial charge < -0.3 is 20.3 Å². The smallest absolute Gasteiger partial charge is 0.303 e. The second-order valence-electron chi connectivity index (χ2n) is 7.34. The van der Waals surface area contributed by atoms with E-state index in [0.717, 1.165) is 29.0 Å². The Balaban J connectivity index is 0.00000141. The number of nitrogens with one attached hydrogen (secondary N) is 1. The second kappa shape index (κ2) is 13.1. The lowest BCUT2D eigenvalue weighted by atomic mass is 10.0. The van der Waals surface area contributed by atoms with Crippen molar-refractivity contribution in [2.75, 3.05) is 13.2 Å². The van der Waals surface area contributed by atoms with Crippen LogP contribution in [-0.4, -0.2) is 40.8 Å². The number of carboxylic acid groups (broad SMARTS) is 1. The highest BCUT2D eigenvalue weighted by Crippen LogP contribution is 2.24. The first kappa shape index (κ1) is 25.7. The van der Waals surface area contributed by atoms with Crippen LogP contribution in [0.4, 0.5) is 0 Å². The van der Waals surface area contributed by atoms with Crippen molar-refractivity contribution in [1.82, 2.24) is 5.32 Å². The molecule has 2 rings (SSSR count). The molecule has 0 spiro atoms. The Hall–Kier alpha value is -2.31. The molecule has 0 heterocycles. The van der Waals surface area contributed by atoms with E-state index < -0.39 is 11.6 Å². The Morgan fingerprint density at radius 3 is 2.40 bits per heavy atom. The van der Waals surface area contributed by atoms with Crippen molar-refractivity contribution in [1.29, 1.82) is 0 Å². The Morgan fingerprint density at radius 1 is 1.20 bits per heavy atom. The molecule has 0 bridgehead atoms. The molecule has 1 aliphatic carbocycles. The molecule has 6 nitrogen and oxygen atoms in total. The van der Waals surface area contributed by atoms with Crippen molar-refractivity contribution in [2.24, 2.45) is 0 Å². The van der Waals surface area contributed by atoms with E-state index in [0.29, 0.717) is 25.1 Å². The minimum absolute atomic E-state index is 0.0870. The van der Waals surface area contributed by atoms with Crippen LogP contribution in [0.5, 0.6) is 5.75 Å². The summed E-state index contributed by atoms with van der Waals surface area (Å²) in [5.74, 6) is -0.460. The Kier molecular flexibility index (Phi) is 11.2. The summed E-state index contributed by atoms with van der Waals surface area (Å²) in [5, 5.41) is 20.1. The first-order valence-electron chi connectivity index (χ1n) is 10.1. The number of aryl methyl sites for hydroxylation is 1. The summed E-state index contributed by atoms with van der Waals surface area (Å²) in [6.45, 7) is 5.86. The predicted octanol–water partition coefficient (Wildman–Crippen LogP) is 4.21. The van der Waals surface area contributed by atoms with Gasteiger partial charge in [-0.3, -0.25) is 9.59 Å². The Labute approximate surface area is 183 Å². The van der Waals surface area contributed by atoms with Gasteiger partial charge in [-0.05, 0) is 69.7 Å². The largest absolute Gasteiger partial charge is 0.481 e. The minimum Gasteiger partial charge on any atom is -0.481 e. The number of rotatable bonds is 9. The number of allylic oxidation sites excluding steroid dienone is 3. The van der Waals surface area contributed by atoms with Crippen LogP contribution in [0.15, 0.2) is 47.0 Å². The summed E-state index contributed by atoms with van der Waals surface area (Å²) in [6, 6.07) is 7.14. The van der Waals surface area contributed by atoms with E-state index in [9.17, 15) is 9.59 Å². The molecule has 166 valence electrons. The number of carboxylic acids is 1. The van der Waals surface area contributed by atoms with Gasteiger partial charge in [-0.25, -0.2) is 0 Å². The minimum atomic E-state index is -1.02. The van der Waals surface area contributed by atoms with Crippen molar-refractivity contribution < 1.29 is 24.5 Å². The fourth-order valence-electron chi connectivity index (χ4n) is 2.75. The highest BCUT2D eigenvalue weighted by atomic mass is 35.5. The van der Waals surface area contributed by atoms with Gasteiger partial charge in [0.2, 0.25) is 0 Å². The molecular formula is C23H32ClNO5. The molecule has 1 aromatic carbocycles. The number of benzene rings is 1. The van der Waals surface area contributed by atoms with E-state index in [1.165, 1.54) is 0 Å². The molecule has 1 amide bonds. The van der Waals surface area contributed by atoms with Crippen LogP contribution in [0, 0.1) is 0 Å². The fourth-order valence-corrected chi connectivity index (χ4v) is 3.01. The van der Waals surface area contributed by atoms with Gasteiger partial charge in [0, 0.05) is 24.6 Å². The normalized spacial score (nSPS) is 13.4. The summed E-state index contributed by atoms with van der Waals surface area (Å²) in [7, 11) is 0. The molecule has 7 heteroatoms. The van der Waals surface area contributed by atoms with Crippen LogP contribution >= 0.6 is 11.6 Å². The fraction of sp³-hybridized carbons (Fsp3) is 0.478. The Bertz CT molecular complexity index is 753. The molecule has 0 unspecified atom stereocenters. The topological polar surface area (TPSA) is 95.9 Å². The first-order chi connectivity index (χ1) is 14.2. The van der Waals surface area contributed by atoms with Gasteiger partial charge in [-0.2, -0.15) is 0 Å². The maximum atomic E-state index is 12.5. The zero-order chi connectivity index (χ0) is 22.6. The third-order valence-corrected chi connectivity index (χ3v) is 4.78. The van der Waals surface area contributed by atoms with Crippen LogP contribution in [0.25, 0.3) is 0 Å². The molecule has 0 aromatic heterocycles. The number of aliphatic carboxylic acids is 1. The zero-order valence-electron chi connectivity index (χ0n) is 17.9. The average molecular weight is 438 g/mol. The predicted molar refractivity (Wildman–Crippen MR) is 119 cm³/mol. The molecule has 0 radical (unpaired) electrons. The maximum Gasteiger partial charge on any atom is 0.303 e. The number of aliphatic hydroxyl groups is 1. The number of aliphatic hydroxyl groups excluding tert-OH is 1. The summed E-state index contributed by atoms with van der Waals surface area (Å²) < 4.78 is 5.83. The monoisotopic (exact) mass is 437 g/mol. The van der Waals surface area contributed by atoms with E-state index in [4.69, 9.17) is 26.6 Å². The quantitative estimate of drug-likeness (QED) is 0.537. The van der Waals surface area contributed by atoms with Crippen LogP contribution in [0.1, 0.15) is 52.0 Å². The molecule has 0 fully saturated rings. The van der Waals surface area contributed by atoms with Crippen molar-refractivity contribution in [2.45, 2.75) is 58.5 Å². The van der Waals surface area contributed by atoms with Crippen LogP contribution in [-0.2, 0) is 16.0 Å². The van der Waals surface area contributed by atoms with Gasteiger partial charge >= 0.3 is 5.97 Å². The molecular weight excluding hydrogens is 406 g/mol. The van der Waals surface area contributed by atoms with E-state index >= 15 is 0 Å². The van der Waals surface area contributed by atoms with E-state index in [-0.39, 0.29) is 18.9 Å². The molecule has 0 saturated heterocycles. The van der Waals surface area contributed by atoms with E-state index in [1.807, 2.05) is 18.2 Å². The van der Waals surface area contributed by atoms with Gasteiger partial charge in [-0.1, -0.05) is 35.9 Å². The number of hydrogen-bond acceptors (Lipinski definition) is 4.